The molecule has 2 atom stereocenters. The average molecular weight is 297 g/mol. The zero-order valence-corrected chi connectivity index (χ0v) is 13.1. The Morgan fingerprint density at radius 2 is 1.95 bits per heavy atom. The van der Waals surface area contributed by atoms with E-state index in [1.807, 2.05) is 42.2 Å². The quantitative estimate of drug-likeness (QED) is 0.876. The number of nitrogens with zero attached hydrogens (tertiary/aromatic N) is 1. The van der Waals surface area contributed by atoms with Gasteiger partial charge in [0.25, 0.3) is 0 Å². The van der Waals surface area contributed by atoms with E-state index in [2.05, 4.69) is 6.92 Å². The molecule has 0 spiro atoms. The van der Waals surface area contributed by atoms with Gasteiger partial charge < -0.3 is 10.6 Å². The van der Waals surface area contributed by atoms with Crippen LogP contribution < -0.4 is 5.73 Å². The Balaban J connectivity index is 0.00000200. The maximum atomic E-state index is 12.6. The van der Waals surface area contributed by atoms with Crippen LogP contribution in [0.3, 0.4) is 0 Å². The summed E-state index contributed by atoms with van der Waals surface area (Å²) in [4.78, 5) is 14.6. The van der Waals surface area contributed by atoms with Gasteiger partial charge in [-0.25, -0.2) is 0 Å². The van der Waals surface area contributed by atoms with Crippen molar-refractivity contribution < 1.29 is 4.79 Å². The summed E-state index contributed by atoms with van der Waals surface area (Å²) in [6.07, 6.45) is 3.31. The van der Waals surface area contributed by atoms with Crippen molar-refractivity contribution in [3.8, 4) is 0 Å². The lowest BCUT2D eigenvalue weighted by atomic mass is 9.94. The van der Waals surface area contributed by atoms with Crippen LogP contribution in [0.2, 0.25) is 0 Å². The summed E-state index contributed by atoms with van der Waals surface area (Å²) in [5, 5.41) is 0. The van der Waals surface area contributed by atoms with Crippen LogP contribution in [0.1, 0.15) is 44.7 Å². The SMILES string of the molecule is CCCN(C(=O)C(C)C(N)c1ccccc1)C1CC1.Cl. The van der Waals surface area contributed by atoms with Crippen molar-refractivity contribution >= 4 is 18.3 Å². The third-order valence-corrected chi connectivity index (χ3v) is 3.85. The number of benzene rings is 1. The van der Waals surface area contributed by atoms with Gasteiger partial charge in [-0.05, 0) is 24.8 Å². The van der Waals surface area contributed by atoms with E-state index >= 15 is 0 Å². The number of nitrogens with two attached hydrogens (primary N) is 1. The molecule has 1 aromatic carbocycles. The maximum Gasteiger partial charge on any atom is 0.227 e. The zero-order chi connectivity index (χ0) is 13.8. The zero-order valence-electron chi connectivity index (χ0n) is 12.3. The smallest absolute Gasteiger partial charge is 0.227 e. The molecule has 20 heavy (non-hydrogen) atoms. The van der Waals surface area contributed by atoms with Crippen molar-refractivity contribution in [1.29, 1.82) is 0 Å². The number of rotatable bonds is 6. The Bertz CT molecular complexity index is 420. The van der Waals surface area contributed by atoms with Gasteiger partial charge in [0.15, 0.2) is 0 Å². The number of carbonyl (C=O) groups excluding carboxylic acids is 1. The summed E-state index contributed by atoms with van der Waals surface area (Å²) >= 11 is 0. The molecule has 1 saturated carbocycles. The minimum absolute atomic E-state index is 0. The van der Waals surface area contributed by atoms with Gasteiger partial charge in [-0.15, -0.1) is 12.4 Å². The molecule has 0 heterocycles. The highest BCUT2D eigenvalue weighted by Crippen LogP contribution is 2.30. The maximum absolute atomic E-state index is 12.6. The van der Waals surface area contributed by atoms with Crippen LogP contribution in [-0.4, -0.2) is 23.4 Å². The first kappa shape index (κ1) is 17.0. The van der Waals surface area contributed by atoms with Crippen LogP contribution in [0.4, 0.5) is 0 Å². The van der Waals surface area contributed by atoms with Crippen LogP contribution in [-0.2, 0) is 4.79 Å². The van der Waals surface area contributed by atoms with Gasteiger partial charge in [-0.2, -0.15) is 0 Å². The summed E-state index contributed by atoms with van der Waals surface area (Å²) in [6.45, 7) is 4.92. The highest BCUT2D eigenvalue weighted by atomic mass is 35.5. The van der Waals surface area contributed by atoms with Crippen molar-refractivity contribution in [2.24, 2.45) is 11.7 Å². The molecule has 112 valence electrons. The number of carbonyl (C=O) groups is 1. The van der Waals surface area contributed by atoms with Crippen molar-refractivity contribution in [3.63, 3.8) is 0 Å². The molecule has 0 saturated heterocycles. The van der Waals surface area contributed by atoms with E-state index in [4.69, 9.17) is 5.73 Å². The lowest BCUT2D eigenvalue weighted by molar-refractivity contribution is -0.136. The van der Waals surface area contributed by atoms with Gasteiger partial charge in [0, 0.05) is 18.6 Å². The van der Waals surface area contributed by atoms with E-state index in [0.717, 1.165) is 31.4 Å². The van der Waals surface area contributed by atoms with Crippen molar-refractivity contribution in [2.75, 3.05) is 6.54 Å². The van der Waals surface area contributed by atoms with Crippen molar-refractivity contribution in [3.05, 3.63) is 35.9 Å². The van der Waals surface area contributed by atoms with Gasteiger partial charge in [0.1, 0.15) is 0 Å². The van der Waals surface area contributed by atoms with Crippen LogP contribution in [0.5, 0.6) is 0 Å². The Kier molecular flexibility index (Phi) is 6.50. The topological polar surface area (TPSA) is 46.3 Å². The normalized spacial score (nSPS) is 16.9. The summed E-state index contributed by atoms with van der Waals surface area (Å²) in [7, 11) is 0. The van der Waals surface area contributed by atoms with E-state index in [1.165, 1.54) is 0 Å². The third-order valence-electron chi connectivity index (χ3n) is 3.85. The van der Waals surface area contributed by atoms with E-state index < -0.39 is 0 Å². The Hall–Kier alpha value is -1.06. The highest BCUT2D eigenvalue weighted by Gasteiger charge is 2.35. The van der Waals surface area contributed by atoms with Gasteiger partial charge >= 0.3 is 0 Å². The lowest BCUT2D eigenvalue weighted by Gasteiger charge is -2.28. The number of halogens is 1. The molecule has 0 bridgehead atoms. The molecule has 1 fully saturated rings. The molecule has 1 amide bonds. The number of hydrogen-bond donors (Lipinski definition) is 1. The van der Waals surface area contributed by atoms with Gasteiger partial charge in [-0.3, -0.25) is 4.79 Å². The monoisotopic (exact) mass is 296 g/mol. The molecule has 1 aromatic rings. The molecule has 3 nitrogen and oxygen atoms in total. The summed E-state index contributed by atoms with van der Waals surface area (Å²) < 4.78 is 0. The summed E-state index contributed by atoms with van der Waals surface area (Å²) in [6, 6.07) is 10.2. The Morgan fingerprint density at radius 1 is 1.35 bits per heavy atom. The average Bonchev–Trinajstić information content (AvgIpc) is 3.28. The lowest BCUT2D eigenvalue weighted by Crippen LogP contribution is -2.41. The predicted octanol–water partition coefficient (Wildman–Crippen LogP) is 3.15. The van der Waals surface area contributed by atoms with E-state index in [1.54, 1.807) is 0 Å². The van der Waals surface area contributed by atoms with Crippen molar-refractivity contribution in [1.82, 2.24) is 4.90 Å². The van der Waals surface area contributed by atoms with Crippen LogP contribution in [0, 0.1) is 5.92 Å². The second-order valence-corrected chi connectivity index (χ2v) is 5.49. The highest BCUT2D eigenvalue weighted by molar-refractivity contribution is 5.85. The molecule has 0 aromatic heterocycles. The van der Waals surface area contributed by atoms with Gasteiger partial charge in [-0.1, -0.05) is 44.2 Å². The fourth-order valence-corrected chi connectivity index (χ4v) is 2.48. The number of amides is 1. The molecule has 1 aliphatic carbocycles. The standard InChI is InChI=1S/C16H24N2O.ClH/c1-3-11-18(14-9-10-14)16(19)12(2)15(17)13-7-5-4-6-8-13;/h4-8,12,14-15H,3,9-11,17H2,1-2H3;1H. The molecule has 0 aliphatic heterocycles. The molecule has 4 heteroatoms. The molecular weight excluding hydrogens is 272 g/mol. The van der Waals surface area contributed by atoms with E-state index in [-0.39, 0.29) is 30.3 Å². The third kappa shape index (κ3) is 3.97. The van der Waals surface area contributed by atoms with E-state index in [9.17, 15) is 4.79 Å². The van der Waals surface area contributed by atoms with Crippen LogP contribution in [0.15, 0.2) is 30.3 Å². The molecule has 2 unspecified atom stereocenters. The minimum Gasteiger partial charge on any atom is -0.339 e. The Labute approximate surface area is 127 Å². The predicted molar refractivity (Wildman–Crippen MR) is 84.8 cm³/mol. The fourth-order valence-electron chi connectivity index (χ4n) is 2.48. The first-order valence-electron chi connectivity index (χ1n) is 7.26. The Morgan fingerprint density at radius 3 is 2.45 bits per heavy atom. The minimum atomic E-state index is -0.216. The number of hydrogen-bond acceptors (Lipinski definition) is 2. The summed E-state index contributed by atoms with van der Waals surface area (Å²) in [5.74, 6) is 0.0512. The summed E-state index contributed by atoms with van der Waals surface area (Å²) in [5.41, 5.74) is 7.28. The van der Waals surface area contributed by atoms with Crippen LogP contribution >= 0.6 is 12.4 Å². The molecule has 2 rings (SSSR count). The second kappa shape index (κ2) is 7.65. The molecule has 0 radical (unpaired) electrons. The van der Waals surface area contributed by atoms with Crippen molar-refractivity contribution in [2.45, 2.75) is 45.2 Å². The first-order chi connectivity index (χ1) is 9.15. The van der Waals surface area contributed by atoms with Gasteiger partial charge in [0.2, 0.25) is 5.91 Å². The molecular formula is C16H25ClN2O. The first-order valence-corrected chi connectivity index (χ1v) is 7.26. The molecule has 2 N–H and O–H groups in total. The fraction of sp³-hybridized carbons (Fsp3) is 0.562. The second-order valence-electron chi connectivity index (χ2n) is 5.49. The van der Waals surface area contributed by atoms with Gasteiger partial charge in [0.05, 0.1) is 5.92 Å². The largest absolute Gasteiger partial charge is 0.339 e. The van der Waals surface area contributed by atoms with Crippen LogP contribution in [0.25, 0.3) is 0 Å². The van der Waals surface area contributed by atoms with E-state index in [0.29, 0.717) is 6.04 Å². The molecule has 1 aliphatic rings.